The van der Waals surface area contributed by atoms with Crippen LogP contribution in [-0.4, -0.2) is 35.6 Å². The van der Waals surface area contributed by atoms with Gasteiger partial charge in [-0.2, -0.15) is 0 Å². The average Bonchev–Trinajstić information content (AvgIpc) is 2.44. The molecule has 0 unspecified atom stereocenters. The first-order valence-corrected chi connectivity index (χ1v) is 7.17. The van der Waals surface area contributed by atoms with Gasteiger partial charge in [0.15, 0.2) is 0 Å². The third-order valence-electron chi connectivity index (χ3n) is 2.58. The van der Waals surface area contributed by atoms with Crippen molar-refractivity contribution in [3.05, 3.63) is 35.9 Å². The molecule has 0 fully saturated rings. The number of hydrogen-bond donors (Lipinski definition) is 2. The van der Waals surface area contributed by atoms with E-state index in [1.165, 1.54) is 12.1 Å². The molecule has 8 heteroatoms. The molecule has 0 saturated heterocycles. The second kappa shape index (κ2) is 8.09. The summed E-state index contributed by atoms with van der Waals surface area (Å²) < 4.78 is 9.67. The monoisotopic (exact) mass is 336 g/mol. The maximum atomic E-state index is 12.0. The second-order valence-corrected chi connectivity index (χ2v) is 5.94. The summed E-state index contributed by atoms with van der Waals surface area (Å²) in [4.78, 5) is 46.7. The Bertz CT molecular complexity index is 621. The molecule has 0 bridgehead atoms. The van der Waals surface area contributed by atoms with E-state index in [-0.39, 0.29) is 5.56 Å². The minimum Gasteiger partial charge on any atom is -0.444 e. The van der Waals surface area contributed by atoms with Gasteiger partial charge in [0.05, 0.1) is 12.0 Å². The Kier molecular flexibility index (Phi) is 6.46. The van der Waals surface area contributed by atoms with Gasteiger partial charge >= 0.3 is 18.0 Å². The van der Waals surface area contributed by atoms with Gasteiger partial charge in [-0.1, -0.05) is 18.2 Å². The van der Waals surface area contributed by atoms with Crippen molar-refractivity contribution in [3.63, 3.8) is 0 Å². The fourth-order valence-corrected chi connectivity index (χ4v) is 1.64. The first kappa shape index (κ1) is 19.1. The number of esters is 2. The Hall–Kier alpha value is -2.90. The second-order valence-electron chi connectivity index (χ2n) is 5.94. The highest BCUT2D eigenvalue weighted by molar-refractivity contribution is 5.99. The first-order valence-electron chi connectivity index (χ1n) is 7.17. The van der Waals surface area contributed by atoms with Crippen LogP contribution in [0.4, 0.5) is 4.79 Å². The summed E-state index contributed by atoms with van der Waals surface area (Å²) in [5.74, 6) is -2.85. The van der Waals surface area contributed by atoms with E-state index in [1.54, 1.807) is 39.0 Å². The number of carbonyl (C=O) groups excluding carboxylic acids is 4. The van der Waals surface area contributed by atoms with E-state index in [9.17, 15) is 19.2 Å². The van der Waals surface area contributed by atoms with Gasteiger partial charge in [-0.05, 0) is 32.9 Å². The van der Waals surface area contributed by atoms with Crippen LogP contribution in [0.2, 0.25) is 0 Å². The Balaban J connectivity index is 2.76. The van der Waals surface area contributed by atoms with Gasteiger partial charge in [0.2, 0.25) is 5.91 Å². The molecule has 0 saturated carbocycles. The van der Waals surface area contributed by atoms with E-state index in [1.807, 2.05) is 0 Å². The predicted octanol–water partition coefficient (Wildman–Crippen LogP) is 1.14. The number of benzene rings is 1. The molecule has 8 nitrogen and oxygen atoms in total. The fourth-order valence-electron chi connectivity index (χ4n) is 1.64. The topological polar surface area (TPSA) is 125 Å². The van der Waals surface area contributed by atoms with E-state index >= 15 is 0 Å². The van der Waals surface area contributed by atoms with Crippen LogP contribution in [0.25, 0.3) is 0 Å². The van der Waals surface area contributed by atoms with E-state index in [0.717, 1.165) is 0 Å². The molecule has 0 aliphatic rings. The van der Waals surface area contributed by atoms with Crippen molar-refractivity contribution in [2.24, 2.45) is 5.73 Å². The van der Waals surface area contributed by atoms with Crippen LogP contribution in [-0.2, 0) is 19.1 Å². The van der Waals surface area contributed by atoms with Crippen LogP contribution >= 0.6 is 0 Å². The minimum atomic E-state index is -1.43. The predicted molar refractivity (Wildman–Crippen MR) is 83.8 cm³/mol. The summed E-state index contributed by atoms with van der Waals surface area (Å²) in [5, 5.41) is 2.17. The highest BCUT2D eigenvalue weighted by Gasteiger charge is 2.29. The minimum absolute atomic E-state index is 0.154. The van der Waals surface area contributed by atoms with Gasteiger partial charge in [-0.3, -0.25) is 4.79 Å². The molecule has 2 amide bonds. The van der Waals surface area contributed by atoms with Crippen LogP contribution in [0.15, 0.2) is 30.3 Å². The lowest BCUT2D eigenvalue weighted by molar-refractivity contribution is -0.142. The lowest BCUT2D eigenvalue weighted by Crippen LogP contribution is -2.46. The molecule has 0 aromatic heterocycles. The molecule has 1 rings (SSSR count). The average molecular weight is 336 g/mol. The summed E-state index contributed by atoms with van der Waals surface area (Å²) in [5.41, 5.74) is 4.41. The molecule has 130 valence electrons. The third kappa shape index (κ3) is 6.91. The van der Waals surface area contributed by atoms with Crippen molar-refractivity contribution in [3.8, 4) is 0 Å². The first-order chi connectivity index (χ1) is 11.1. The van der Waals surface area contributed by atoms with Crippen molar-refractivity contribution < 1.29 is 28.7 Å². The number of nitrogens with one attached hydrogen (secondary N) is 1. The number of rotatable bonds is 5. The Morgan fingerprint density at radius 1 is 1.12 bits per heavy atom. The fraction of sp³-hybridized carbons (Fsp3) is 0.375. The van der Waals surface area contributed by atoms with E-state index in [4.69, 9.17) is 10.5 Å². The summed E-state index contributed by atoms with van der Waals surface area (Å²) in [6.45, 7) is 4.90. The summed E-state index contributed by atoms with van der Waals surface area (Å²) in [6, 6.07) is 6.38. The number of alkyl carbamates (subject to hydrolysis) is 1. The number of amides is 2. The van der Waals surface area contributed by atoms with Crippen LogP contribution < -0.4 is 11.1 Å². The van der Waals surface area contributed by atoms with Gasteiger partial charge in [-0.25, -0.2) is 14.4 Å². The Morgan fingerprint density at radius 2 is 1.71 bits per heavy atom. The van der Waals surface area contributed by atoms with Gasteiger partial charge in [0, 0.05) is 0 Å². The largest absolute Gasteiger partial charge is 0.444 e. The van der Waals surface area contributed by atoms with Crippen LogP contribution in [0.3, 0.4) is 0 Å². The standard InChI is InChI=1S/C16H20N2O6/c1-16(2,3)24-15(22)18-11(9-12(17)19)14(21)23-13(20)10-7-5-4-6-8-10/h4-8,11H,9H2,1-3H3,(H2,17,19)(H,18,22)/t11-/m1/s1. The molecule has 0 aliphatic carbocycles. The number of hydrogen-bond acceptors (Lipinski definition) is 6. The maximum Gasteiger partial charge on any atom is 0.408 e. The van der Waals surface area contributed by atoms with Gasteiger partial charge in [0.1, 0.15) is 11.6 Å². The lowest BCUT2D eigenvalue weighted by Gasteiger charge is -2.22. The molecule has 24 heavy (non-hydrogen) atoms. The van der Waals surface area contributed by atoms with Crippen LogP contribution in [0.5, 0.6) is 0 Å². The van der Waals surface area contributed by atoms with E-state index < -0.39 is 42.0 Å². The lowest BCUT2D eigenvalue weighted by atomic mass is 10.2. The summed E-state index contributed by atoms with van der Waals surface area (Å²) in [6.07, 6.45) is -1.46. The molecule has 3 N–H and O–H groups in total. The molecular weight excluding hydrogens is 316 g/mol. The molecule has 1 aromatic carbocycles. The van der Waals surface area contributed by atoms with Gasteiger partial charge in [0.25, 0.3) is 0 Å². The van der Waals surface area contributed by atoms with E-state index in [0.29, 0.717) is 0 Å². The molecule has 1 atom stereocenters. The normalized spacial score (nSPS) is 12.0. The summed E-state index contributed by atoms with van der Waals surface area (Å²) in [7, 11) is 0. The van der Waals surface area contributed by atoms with Crippen molar-refractivity contribution in [1.29, 1.82) is 0 Å². The SMILES string of the molecule is CC(C)(C)OC(=O)N[C@H](CC(N)=O)C(=O)OC(=O)c1ccccc1. The van der Waals surface area contributed by atoms with Crippen molar-refractivity contribution in [1.82, 2.24) is 5.32 Å². The highest BCUT2D eigenvalue weighted by Crippen LogP contribution is 2.08. The highest BCUT2D eigenvalue weighted by atomic mass is 16.6. The Morgan fingerprint density at radius 3 is 2.21 bits per heavy atom. The number of carbonyl (C=O) groups is 4. The smallest absolute Gasteiger partial charge is 0.408 e. The summed E-state index contributed by atoms with van der Waals surface area (Å²) >= 11 is 0. The molecule has 1 aromatic rings. The van der Waals surface area contributed by atoms with Crippen molar-refractivity contribution >= 4 is 23.9 Å². The maximum absolute atomic E-state index is 12.0. The number of ether oxygens (including phenoxy) is 2. The van der Waals surface area contributed by atoms with Crippen molar-refractivity contribution in [2.45, 2.75) is 38.8 Å². The Labute approximate surface area is 139 Å². The van der Waals surface area contributed by atoms with E-state index in [2.05, 4.69) is 10.1 Å². The number of primary amides is 1. The zero-order chi connectivity index (χ0) is 18.3. The third-order valence-corrected chi connectivity index (χ3v) is 2.58. The zero-order valence-electron chi connectivity index (χ0n) is 13.7. The van der Waals surface area contributed by atoms with Crippen molar-refractivity contribution in [2.75, 3.05) is 0 Å². The molecule has 0 radical (unpaired) electrons. The zero-order valence-corrected chi connectivity index (χ0v) is 13.7. The molecule has 0 aliphatic heterocycles. The quantitative estimate of drug-likeness (QED) is 0.613. The molecule has 0 heterocycles. The molecular formula is C16H20N2O6. The number of nitrogens with two attached hydrogens (primary N) is 1. The van der Waals surface area contributed by atoms with Crippen LogP contribution in [0, 0.1) is 0 Å². The van der Waals surface area contributed by atoms with Gasteiger partial charge < -0.3 is 20.5 Å². The van der Waals surface area contributed by atoms with Gasteiger partial charge in [-0.15, -0.1) is 0 Å². The molecule has 0 spiro atoms. The van der Waals surface area contributed by atoms with Crippen LogP contribution in [0.1, 0.15) is 37.6 Å².